The van der Waals surface area contributed by atoms with Crippen LogP contribution in [0.25, 0.3) is 22.5 Å². The van der Waals surface area contributed by atoms with Crippen molar-refractivity contribution in [2.24, 2.45) is 0 Å². The van der Waals surface area contributed by atoms with Crippen LogP contribution in [-0.2, 0) is 4.74 Å². The zero-order valence-corrected chi connectivity index (χ0v) is 23.6. The summed E-state index contributed by atoms with van der Waals surface area (Å²) in [6.45, 7) is 2.63. The Hall–Kier alpha value is -4.54. The summed E-state index contributed by atoms with van der Waals surface area (Å²) in [6.07, 6.45) is 0. The Labute approximate surface area is 248 Å². The second-order valence-corrected chi connectivity index (χ2v) is 9.97. The van der Waals surface area contributed by atoms with Crippen LogP contribution in [0.3, 0.4) is 0 Å². The predicted molar refractivity (Wildman–Crippen MR) is 150 cm³/mol. The van der Waals surface area contributed by atoms with Crippen LogP contribution < -0.4 is 5.32 Å². The Kier molecular flexibility index (Phi) is 8.37. The van der Waals surface area contributed by atoms with Crippen molar-refractivity contribution in [1.29, 1.82) is 0 Å². The van der Waals surface area contributed by atoms with E-state index in [1.165, 1.54) is 50.2 Å². The van der Waals surface area contributed by atoms with Crippen LogP contribution in [0.15, 0.2) is 75.8 Å². The Bertz CT molecular complexity index is 1750. The minimum Gasteiger partial charge on any atom is -0.459 e. The molecule has 12 heteroatoms. The van der Waals surface area contributed by atoms with Gasteiger partial charge in [-0.25, -0.2) is 13.6 Å². The fourth-order valence-electron chi connectivity index (χ4n) is 4.41. The Morgan fingerprint density at radius 2 is 1.33 bits per heavy atom. The van der Waals surface area contributed by atoms with Crippen molar-refractivity contribution in [3.05, 3.63) is 117 Å². The summed E-state index contributed by atoms with van der Waals surface area (Å²) in [7, 11) is 0. The number of hydrogen-bond donors (Lipinski definition) is 1. The van der Waals surface area contributed by atoms with E-state index in [2.05, 4.69) is 15.6 Å². The highest BCUT2D eigenvalue weighted by atomic mass is 35.5. The summed E-state index contributed by atoms with van der Waals surface area (Å²) in [5, 5.41) is 10.6. The number of amides is 1. The molecule has 0 aliphatic heterocycles. The van der Waals surface area contributed by atoms with Crippen molar-refractivity contribution < 1.29 is 32.2 Å². The number of esters is 1. The van der Waals surface area contributed by atoms with Gasteiger partial charge in [0.25, 0.3) is 5.91 Å². The molecule has 0 fully saturated rings. The van der Waals surface area contributed by atoms with Gasteiger partial charge in [-0.1, -0.05) is 76.0 Å². The van der Waals surface area contributed by atoms with Crippen LogP contribution in [0.4, 0.5) is 8.78 Å². The second kappa shape index (κ2) is 12.1. The maximum atomic E-state index is 14.7. The third-order valence-electron chi connectivity index (χ3n) is 6.44. The first-order valence-corrected chi connectivity index (χ1v) is 13.3. The van der Waals surface area contributed by atoms with E-state index in [0.717, 1.165) is 0 Å². The lowest BCUT2D eigenvalue weighted by molar-refractivity contribution is 0.0454. The number of halogens is 4. The molecule has 5 aromatic rings. The van der Waals surface area contributed by atoms with Crippen molar-refractivity contribution >= 4 is 35.1 Å². The molecule has 0 aliphatic rings. The van der Waals surface area contributed by atoms with Crippen LogP contribution >= 0.6 is 23.2 Å². The third-order valence-corrected chi connectivity index (χ3v) is 7.07. The Morgan fingerprint density at radius 3 is 1.88 bits per heavy atom. The minimum absolute atomic E-state index is 0.0293. The predicted octanol–water partition coefficient (Wildman–Crippen LogP) is 7.53. The molecule has 0 saturated heterocycles. The number of benzene rings is 3. The standard InChI is InChI=1S/C30H21Cl2F2N3O5/c1-15-23(27(36-41-15)25-18(31)10-6-12-20(25)33)29(38)35-22(17-8-4-3-5-9-17)14-40-30(39)24-16(2)42-37-28(24)26-19(32)11-7-13-21(26)34/h3-13,22H,14H2,1-2H3,(H,35,38)/t22-/m0/s1. The van der Waals surface area contributed by atoms with E-state index in [9.17, 15) is 18.4 Å². The minimum atomic E-state index is -0.877. The van der Waals surface area contributed by atoms with Gasteiger partial charge < -0.3 is 19.1 Å². The van der Waals surface area contributed by atoms with Gasteiger partial charge in [-0.15, -0.1) is 0 Å². The lowest BCUT2D eigenvalue weighted by atomic mass is 10.0. The molecular weight excluding hydrogens is 591 g/mol. The highest BCUT2D eigenvalue weighted by Crippen LogP contribution is 2.35. The van der Waals surface area contributed by atoms with Crippen molar-refractivity contribution in [3.8, 4) is 22.5 Å². The molecule has 42 heavy (non-hydrogen) atoms. The van der Waals surface area contributed by atoms with Crippen LogP contribution in [0.2, 0.25) is 10.0 Å². The first kappa shape index (κ1) is 29.0. The number of aromatic nitrogens is 2. The lowest BCUT2D eigenvalue weighted by Crippen LogP contribution is -2.33. The number of hydrogen-bond acceptors (Lipinski definition) is 7. The molecule has 3 aromatic carbocycles. The molecule has 5 rings (SSSR count). The van der Waals surface area contributed by atoms with Crippen LogP contribution in [0.1, 0.15) is 43.8 Å². The van der Waals surface area contributed by atoms with Gasteiger partial charge in [-0.2, -0.15) is 0 Å². The number of ether oxygens (including phenoxy) is 1. The summed E-state index contributed by atoms with van der Waals surface area (Å²) in [5.74, 6) is -2.73. The second-order valence-electron chi connectivity index (χ2n) is 9.15. The van der Waals surface area contributed by atoms with E-state index >= 15 is 0 Å². The normalized spacial score (nSPS) is 11.8. The van der Waals surface area contributed by atoms with Gasteiger partial charge in [-0.05, 0) is 43.7 Å². The van der Waals surface area contributed by atoms with Gasteiger partial charge in [0.05, 0.1) is 27.2 Å². The van der Waals surface area contributed by atoms with Crippen LogP contribution in [0.5, 0.6) is 0 Å². The van der Waals surface area contributed by atoms with E-state index in [1.807, 2.05) is 0 Å². The van der Waals surface area contributed by atoms with Crippen LogP contribution in [-0.4, -0.2) is 28.8 Å². The van der Waals surface area contributed by atoms with E-state index in [0.29, 0.717) is 5.56 Å². The van der Waals surface area contributed by atoms with Crippen molar-refractivity contribution in [2.45, 2.75) is 19.9 Å². The van der Waals surface area contributed by atoms with E-state index in [1.54, 1.807) is 30.3 Å². The molecule has 0 unspecified atom stereocenters. The molecule has 214 valence electrons. The van der Waals surface area contributed by atoms with Gasteiger partial charge in [0.2, 0.25) is 0 Å². The van der Waals surface area contributed by atoms with Gasteiger partial charge in [-0.3, -0.25) is 4.79 Å². The first-order chi connectivity index (χ1) is 20.2. The number of carbonyl (C=O) groups excluding carboxylic acids is 2. The number of rotatable bonds is 8. The molecule has 2 heterocycles. The largest absolute Gasteiger partial charge is 0.459 e. The maximum absolute atomic E-state index is 14.7. The quantitative estimate of drug-likeness (QED) is 0.181. The molecule has 8 nitrogen and oxygen atoms in total. The van der Waals surface area contributed by atoms with Crippen molar-refractivity contribution in [1.82, 2.24) is 15.6 Å². The van der Waals surface area contributed by atoms with Gasteiger partial charge >= 0.3 is 5.97 Å². The topological polar surface area (TPSA) is 107 Å². The third kappa shape index (κ3) is 5.63. The number of aryl methyl sites for hydroxylation is 2. The lowest BCUT2D eigenvalue weighted by Gasteiger charge is -2.19. The fourth-order valence-corrected chi connectivity index (χ4v) is 4.91. The first-order valence-electron chi connectivity index (χ1n) is 12.5. The SMILES string of the molecule is Cc1onc(-c2c(F)cccc2Cl)c1C(=O)N[C@@H](COC(=O)c1c(-c2c(F)cccc2Cl)noc1C)c1ccccc1. The van der Waals surface area contributed by atoms with E-state index in [4.69, 9.17) is 37.0 Å². The molecule has 1 atom stereocenters. The smallest absolute Gasteiger partial charge is 0.344 e. The van der Waals surface area contributed by atoms with E-state index < -0.39 is 29.6 Å². The molecule has 1 amide bonds. The molecule has 0 saturated carbocycles. The summed E-state index contributed by atoms with van der Waals surface area (Å²) in [6, 6.07) is 16.0. The monoisotopic (exact) mass is 611 g/mol. The molecule has 0 spiro atoms. The molecule has 0 aliphatic carbocycles. The van der Waals surface area contributed by atoms with Crippen LogP contribution in [0, 0.1) is 25.5 Å². The highest BCUT2D eigenvalue weighted by Gasteiger charge is 2.30. The van der Waals surface area contributed by atoms with Gasteiger partial charge in [0.1, 0.15) is 52.3 Å². The average Bonchev–Trinajstić information content (AvgIpc) is 3.53. The van der Waals surface area contributed by atoms with Gasteiger partial charge in [0.15, 0.2) is 0 Å². The fraction of sp³-hybridized carbons (Fsp3) is 0.133. The Morgan fingerprint density at radius 1 is 0.810 bits per heavy atom. The summed E-state index contributed by atoms with van der Waals surface area (Å²) in [4.78, 5) is 26.9. The molecular formula is C30H21Cl2F2N3O5. The number of nitrogens with zero attached hydrogens (tertiary/aromatic N) is 2. The number of nitrogens with one attached hydrogen (secondary N) is 1. The van der Waals surface area contributed by atoms with Crippen molar-refractivity contribution in [3.63, 3.8) is 0 Å². The molecule has 1 N–H and O–H groups in total. The van der Waals surface area contributed by atoms with Gasteiger partial charge in [0, 0.05) is 0 Å². The zero-order chi connectivity index (χ0) is 30.0. The summed E-state index contributed by atoms with van der Waals surface area (Å²) < 4.78 is 45.3. The number of carbonyl (C=O) groups is 2. The average molecular weight is 612 g/mol. The molecule has 2 aromatic heterocycles. The summed E-state index contributed by atoms with van der Waals surface area (Å²) >= 11 is 12.4. The highest BCUT2D eigenvalue weighted by molar-refractivity contribution is 6.34. The summed E-state index contributed by atoms with van der Waals surface area (Å²) in [5.41, 5.74) is 0.0323. The van der Waals surface area contributed by atoms with E-state index in [-0.39, 0.29) is 61.8 Å². The Balaban J connectivity index is 1.43. The zero-order valence-electron chi connectivity index (χ0n) is 22.1. The molecule has 0 bridgehead atoms. The molecule has 0 radical (unpaired) electrons. The maximum Gasteiger partial charge on any atom is 0.344 e. The van der Waals surface area contributed by atoms with Crippen molar-refractivity contribution in [2.75, 3.05) is 6.61 Å².